The molecule has 0 spiro atoms. The topological polar surface area (TPSA) is 253 Å². The number of nitrogens with zero attached hydrogens (tertiary/aromatic N) is 1. The Balaban J connectivity index is 0.00000103. The van der Waals surface area contributed by atoms with Crippen molar-refractivity contribution in [1.29, 1.82) is 5.41 Å². The summed E-state index contributed by atoms with van der Waals surface area (Å²) in [5.41, 5.74) is 23.6. The van der Waals surface area contributed by atoms with Crippen LogP contribution in [0.2, 0.25) is 0 Å². The lowest BCUT2D eigenvalue weighted by Gasteiger charge is -2.34. The van der Waals surface area contributed by atoms with Crippen LogP contribution in [0.3, 0.4) is 0 Å². The van der Waals surface area contributed by atoms with Crippen LogP contribution >= 0.6 is 0 Å². The van der Waals surface area contributed by atoms with E-state index in [4.69, 9.17) is 38.2 Å². The predicted molar refractivity (Wildman–Crippen MR) is 174 cm³/mol. The van der Waals surface area contributed by atoms with Gasteiger partial charge in [-0.05, 0) is 62.3 Å². The molecule has 0 heterocycles. The third-order valence-corrected chi connectivity index (χ3v) is 8.83. The van der Waals surface area contributed by atoms with Crippen LogP contribution in [0.1, 0.15) is 88.2 Å². The summed E-state index contributed by atoms with van der Waals surface area (Å²) < 4.78 is 31.7. The molecule has 0 saturated heterocycles. The van der Waals surface area contributed by atoms with Crippen molar-refractivity contribution in [1.82, 2.24) is 10.6 Å². The number of carboxylic acids is 1. The van der Waals surface area contributed by atoms with Crippen molar-refractivity contribution in [2.45, 2.75) is 102 Å². The largest absolute Gasteiger partial charge is 0.490 e. The number of amidine groups is 1. The molecule has 48 heavy (non-hydrogen) atoms. The number of nitrogens with one attached hydrogen (secondary N) is 3. The first kappa shape index (κ1) is 39.8. The molecular weight excluding hydrogens is 633 g/mol. The standard InChI is InChI=1S/C30H48N8O3.C2HF3O2/c31-26(32)22-15-13-19(14-16-22)18-23(20-8-3-1-4-9-20)28(40)38-25(21-10-5-2-6-11-21)29(41)37-24(27(33)39)12-7-17-36-30(34)35;3-2(4,5)1(6)7/h13-16,20-21,23-25H,1-12,17-18H2,(H3,31,32)(H2,33,39)(H,37,41)(H,38,40)(H4,34,35,36);(H,6,7)/t23-,24+,25+;/m1./s1. The lowest BCUT2D eigenvalue weighted by Crippen LogP contribution is -2.57. The number of benzene rings is 1. The first-order valence-electron chi connectivity index (χ1n) is 16.3. The molecule has 0 bridgehead atoms. The van der Waals surface area contributed by atoms with Crippen LogP contribution in [-0.2, 0) is 25.6 Å². The molecule has 3 atom stereocenters. The summed E-state index contributed by atoms with van der Waals surface area (Å²) in [5.74, 6) is -3.99. The molecule has 13 nitrogen and oxygen atoms in total. The molecule has 0 radical (unpaired) electrons. The van der Waals surface area contributed by atoms with E-state index < -0.39 is 30.1 Å². The molecule has 2 aliphatic carbocycles. The molecule has 0 aliphatic heterocycles. The molecule has 0 unspecified atom stereocenters. The number of hydrogen-bond acceptors (Lipinski definition) is 6. The van der Waals surface area contributed by atoms with E-state index in [1.807, 2.05) is 24.3 Å². The summed E-state index contributed by atoms with van der Waals surface area (Å²) >= 11 is 0. The average Bonchev–Trinajstić information content (AvgIpc) is 3.04. The number of guanidine groups is 1. The summed E-state index contributed by atoms with van der Waals surface area (Å²) in [5, 5.41) is 20.8. The molecule has 2 fully saturated rings. The monoisotopic (exact) mass is 682 g/mol. The van der Waals surface area contributed by atoms with Crippen LogP contribution in [0.5, 0.6) is 0 Å². The minimum Gasteiger partial charge on any atom is -0.475 e. The van der Waals surface area contributed by atoms with E-state index in [1.54, 1.807) is 0 Å². The van der Waals surface area contributed by atoms with E-state index in [0.717, 1.165) is 63.4 Å². The van der Waals surface area contributed by atoms with Gasteiger partial charge in [-0.3, -0.25) is 24.8 Å². The second-order valence-corrected chi connectivity index (χ2v) is 12.4. The third kappa shape index (κ3) is 13.8. The second-order valence-electron chi connectivity index (χ2n) is 12.4. The van der Waals surface area contributed by atoms with E-state index in [9.17, 15) is 27.6 Å². The molecule has 268 valence electrons. The highest BCUT2D eigenvalue weighted by Crippen LogP contribution is 2.33. The van der Waals surface area contributed by atoms with Crippen molar-refractivity contribution in [3.63, 3.8) is 0 Å². The molecule has 2 saturated carbocycles. The SMILES string of the molecule is N=C(N)c1ccc(C[C@@H](C(=O)N[C@H](C(=O)N[C@@H](CCCN=C(N)N)C(N)=O)C2CCCCC2)C2CCCCC2)cc1.O=C(O)C(F)(F)F. The van der Waals surface area contributed by atoms with Gasteiger partial charge in [0.2, 0.25) is 17.7 Å². The van der Waals surface area contributed by atoms with E-state index >= 15 is 0 Å². The van der Waals surface area contributed by atoms with Crippen LogP contribution in [0.25, 0.3) is 0 Å². The number of carbonyl (C=O) groups excluding carboxylic acids is 3. The van der Waals surface area contributed by atoms with Crippen LogP contribution in [0.4, 0.5) is 13.2 Å². The molecule has 12 N–H and O–H groups in total. The first-order chi connectivity index (χ1) is 22.6. The Kier molecular flexibility index (Phi) is 16.1. The molecular formula is C32H49F3N8O5. The number of nitrogen functional groups attached to an aromatic ring is 1. The lowest BCUT2D eigenvalue weighted by atomic mass is 9.76. The molecule has 2 aliphatic rings. The number of aliphatic carboxylic acids is 1. The van der Waals surface area contributed by atoms with Crippen molar-refractivity contribution in [2.24, 2.45) is 45.7 Å². The van der Waals surface area contributed by atoms with Crippen LogP contribution in [-0.4, -0.2) is 65.4 Å². The predicted octanol–water partition coefficient (Wildman–Crippen LogP) is 2.43. The van der Waals surface area contributed by atoms with Crippen molar-refractivity contribution in [3.05, 3.63) is 35.4 Å². The zero-order valence-electron chi connectivity index (χ0n) is 27.1. The van der Waals surface area contributed by atoms with Gasteiger partial charge >= 0.3 is 12.1 Å². The summed E-state index contributed by atoms with van der Waals surface area (Å²) in [6.45, 7) is 0.321. The molecule has 3 rings (SSSR count). The van der Waals surface area contributed by atoms with Crippen LogP contribution in [0, 0.1) is 23.2 Å². The van der Waals surface area contributed by atoms with Crippen LogP contribution in [0.15, 0.2) is 29.3 Å². The Morgan fingerprint density at radius 2 is 1.38 bits per heavy atom. The van der Waals surface area contributed by atoms with Crippen LogP contribution < -0.4 is 33.6 Å². The molecule has 0 aromatic heterocycles. The van der Waals surface area contributed by atoms with Gasteiger partial charge in [0, 0.05) is 18.0 Å². The van der Waals surface area contributed by atoms with Gasteiger partial charge < -0.3 is 38.7 Å². The number of carbonyl (C=O) groups is 4. The van der Waals surface area contributed by atoms with Crippen molar-refractivity contribution in [3.8, 4) is 0 Å². The minimum atomic E-state index is -5.08. The smallest absolute Gasteiger partial charge is 0.475 e. The highest BCUT2D eigenvalue weighted by molar-refractivity contribution is 5.95. The number of carboxylic acid groups (broad SMARTS) is 1. The highest BCUT2D eigenvalue weighted by atomic mass is 19.4. The fraction of sp³-hybridized carbons (Fsp3) is 0.625. The Hall–Kier alpha value is -4.37. The summed E-state index contributed by atoms with van der Waals surface area (Å²) in [6.07, 6.45) is 6.30. The molecule has 16 heteroatoms. The third-order valence-electron chi connectivity index (χ3n) is 8.83. The van der Waals surface area contributed by atoms with Gasteiger partial charge in [0.15, 0.2) is 5.96 Å². The van der Waals surface area contributed by atoms with Gasteiger partial charge in [-0.2, -0.15) is 13.2 Å². The van der Waals surface area contributed by atoms with E-state index in [1.165, 1.54) is 6.42 Å². The highest BCUT2D eigenvalue weighted by Gasteiger charge is 2.38. The van der Waals surface area contributed by atoms with Gasteiger partial charge in [0.25, 0.3) is 0 Å². The number of amides is 3. The lowest BCUT2D eigenvalue weighted by molar-refractivity contribution is -0.192. The summed E-state index contributed by atoms with van der Waals surface area (Å²) in [6, 6.07) is 5.84. The number of hydrogen-bond donors (Lipinski definition) is 8. The van der Waals surface area contributed by atoms with E-state index in [-0.39, 0.29) is 41.4 Å². The van der Waals surface area contributed by atoms with Gasteiger partial charge in [-0.15, -0.1) is 0 Å². The Bertz CT molecular complexity index is 1260. The number of alkyl halides is 3. The number of rotatable bonds is 14. The fourth-order valence-corrected chi connectivity index (χ4v) is 6.26. The maximum absolute atomic E-state index is 14.0. The van der Waals surface area contributed by atoms with E-state index in [0.29, 0.717) is 31.4 Å². The van der Waals surface area contributed by atoms with Crippen molar-refractivity contribution in [2.75, 3.05) is 6.54 Å². The summed E-state index contributed by atoms with van der Waals surface area (Å²) in [7, 11) is 0. The Morgan fingerprint density at radius 3 is 1.83 bits per heavy atom. The maximum atomic E-state index is 14.0. The first-order valence-corrected chi connectivity index (χ1v) is 16.3. The zero-order valence-corrected chi connectivity index (χ0v) is 27.1. The number of halogens is 3. The minimum absolute atomic E-state index is 0.00460. The Labute approximate surface area is 278 Å². The molecule has 3 amide bonds. The summed E-state index contributed by atoms with van der Waals surface area (Å²) in [4.78, 5) is 52.7. The zero-order chi connectivity index (χ0) is 35.9. The van der Waals surface area contributed by atoms with E-state index in [2.05, 4.69) is 15.6 Å². The van der Waals surface area contributed by atoms with Crippen molar-refractivity contribution < 1.29 is 37.5 Å². The molecule has 1 aromatic carbocycles. The van der Waals surface area contributed by atoms with Crippen molar-refractivity contribution >= 4 is 35.5 Å². The number of nitrogens with two attached hydrogens (primary N) is 4. The maximum Gasteiger partial charge on any atom is 0.490 e. The van der Waals surface area contributed by atoms with Gasteiger partial charge in [0.1, 0.15) is 17.9 Å². The quantitative estimate of drug-likeness (QED) is 0.0820. The number of primary amides is 1. The Morgan fingerprint density at radius 1 is 0.854 bits per heavy atom. The number of aliphatic imine (C=N–C) groups is 1. The molecule has 1 aromatic rings. The normalized spacial score (nSPS) is 17.4. The fourth-order valence-electron chi connectivity index (χ4n) is 6.26. The average molecular weight is 683 g/mol. The second kappa shape index (κ2) is 19.5. The van der Waals surface area contributed by atoms with Gasteiger partial charge in [-0.25, -0.2) is 4.79 Å². The van der Waals surface area contributed by atoms with Gasteiger partial charge in [0.05, 0.1) is 0 Å². The van der Waals surface area contributed by atoms with Gasteiger partial charge in [-0.1, -0.05) is 62.8 Å².